The van der Waals surface area contributed by atoms with Crippen LogP contribution in [0, 0.1) is 0 Å². The van der Waals surface area contributed by atoms with Gasteiger partial charge in [0.05, 0.1) is 17.3 Å². The molecule has 0 unspecified atom stereocenters. The molecule has 0 atom stereocenters. The van der Waals surface area contributed by atoms with E-state index in [1.165, 1.54) is 0 Å². The van der Waals surface area contributed by atoms with Crippen molar-refractivity contribution < 1.29 is 17.9 Å². The van der Waals surface area contributed by atoms with Gasteiger partial charge in [-0.2, -0.15) is 0 Å². The summed E-state index contributed by atoms with van der Waals surface area (Å²) < 4.78 is 30.9. The van der Waals surface area contributed by atoms with Gasteiger partial charge in [0, 0.05) is 11.3 Å². The summed E-state index contributed by atoms with van der Waals surface area (Å²) in [7, 11) is -3.33. The molecule has 0 bridgehead atoms. The molecule has 2 aromatic rings. The first-order chi connectivity index (χ1) is 11.9. The number of rotatable bonds is 8. The highest BCUT2D eigenvalue weighted by Gasteiger charge is 2.09. The Morgan fingerprint density at radius 2 is 1.80 bits per heavy atom. The third-order valence-electron chi connectivity index (χ3n) is 3.28. The molecule has 134 valence electrons. The first-order valence-corrected chi connectivity index (χ1v) is 9.70. The van der Waals surface area contributed by atoms with E-state index in [1.807, 2.05) is 6.07 Å². The summed E-state index contributed by atoms with van der Waals surface area (Å²) in [6.45, 7) is 2.15. The standard InChI is InChI=1S/C17H19ClN2O4S/c1-2-25(22,23)20-14-9-7-13(8-10-14)17(21)19-11-12-24-16-6-4-3-5-15(16)18/h3-10,20H,2,11-12H2,1H3,(H,19,21). The van der Waals surface area contributed by atoms with E-state index < -0.39 is 10.0 Å². The number of nitrogens with one attached hydrogen (secondary N) is 2. The fourth-order valence-corrected chi connectivity index (χ4v) is 2.76. The molecule has 2 aromatic carbocycles. The van der Waals surface area contributed by atoms with Gasteiger partial charge in [0.2, 0.25) is 10.0 Å². The molecule has 1 amide bonds. The van der Waals surface area contributed by atoms with Crippen molar-refractivity contribution in [3.05, 3.63) is 59.1 Å². The summed E-state index contributed by atoms with van der Waals surface area (Å²) in [5, 5.41) is 3.23. The molecule has 0 fully saturated rings. The zero-order chi connectivity index (χ0) is 18.3. The maximum Gasteiger partial charge on any atom is 0.251 e. The lowest BCUT2D eigenvalue weighted by Crippen LogP contribution is -2.28. The van der Waals surface area contributed by atoms with Gasteiger partial charge < -0.3 is 10.1 Å². The van der Waals surface area contributed by atoms with Gasteiger partial charge in [-0.05, 0) is 43.3 Å². The Morgan fingerprint density at radius 3 is 2.44 bits per heavy atom. The number of carbonyl (C=O) groups excluding carboxylic acids is 1. The summed E-state index contributed by atoms with van der Waals surface area (Å²) in [6, 6.07) is 13.3. The van der Waals surface area contributed by atoms with Crippen LogP contribution in [-0.4, -0.2) is 33.2 Å². The first kappa shape index (κ1) is 19.1. The Morgan fingerprint density at radius 1 is 1.12 bits per heavy atom. The molecular weight excluding hydrogens is 364 g/mol. The fraction of sp³-hybridized carbons (Fsp3) is 0.235. The van der Waals surface area contributed by atoms with Crippen LogP contribution in [0.15, 0.2) is 48.5 Å². The molecular formula is C17H19ClN2O4S. The smallest absolute Gasteiger partial charge is 0.251 e. The lowest BCUT2D eigenvalue weighted by Gasteiger charge is -2.10. The number of halogens is 1. The van der Waals surface area contributed by atoms with Crippen LogP contribution < -0.4 is 14.8 Å². The molecule has 0 saturated carbocycles. The lowest BCUT2D eigenvalue weighted by molar-refractivity contribution is 0.0947. The lowest BCUT2D eigenvalue weighted by atomic mass is 10.2. The Labute approximate surface area is 152 Å². The summed E-state index contributed by atoms with van der Waals surface area (Å²) in [6.07, 6.45) is 0. The van der Waals surface area contributed by atoms with Gasteiger partial charge in [-0.15, -0.1) is 0 Å². The van der Waals surface area contributed by atoms with Gasteiger partial charge in [-0.3, -0.25) is 9.52 Å². The van der Waals surface area contributed by atoms with Gasteiger partial charge in [0.1, 0.15) is 12.4 Å². The van der Waals surface area contributed by atoms with E-state index in [-0.39, 0.29) is 18.3 Å². The zero-order valence-electron chi connectivity index (χ0n) is 13.7. The molecule has 25 heavy (non-hydrogen) atoms. The van der Waals surface area contributed by atoms with Gasteiger partial charge in [-0.25, -0.2) is 8.42 Å². The first-order valence-electron chi connectivity index (χ1n) is 7.67. The van der Waals surface area contributed by atoms with Crippen molar-refractivity contribution in [2.75, 3.05) is 23.6 Å². The van der Waals surface area contributed by atoms with Gasteiger partial charge >= 0.3 is 0 Å². The maximum atomic E-state index is 12.0. The average Bonchev–Trinajstić information content (AvgIpc) is 2.60. The van der Waals surface area contributed by atoms with Crippen LogP contribution >= 0.6 is 11.6 Å². The van der Waals surface area contributed by atoms with Crippen molar-refractivity contribution in [3.63, 3.8) is 0 Å². The topological polar surface area (TPSA) is 84.5 Å². The Kier molecular flexibility index (Phi) is 6.66. The molecule has 0 heterocycles. The minimum Gasteiger partial charge on any atom is -0.490 e. The minimum atomic E-state index is -3.33. The van der Waals surface area contributed by atoms with Gasteiger partial charge in [-0.1, -0.05) is 23.7 Å². The molecule has 2 rings (SSSR count). The summed E-state index contributed by atoms with van der Waals surface area (Å²) >= 11 is 5.97. The molecule has 0 radical (unpaired) electrons. The van der Waals surface area contributed by atoms with Crippen LogP contribution in [0.4, 0.5) is 5.69 Å². The van der Waals surface area contributed by atoms with Gasteiger partial charge in [0.15, 0.2) is 0 Å². The van der Waals surface area contributed by atoms with Crippen molar-refractivity contribution in [1.29, 1.82) is 0 Å². The number of ether oxygens (including phenoxy) is 1. The Balaban J connectivity index is 1.82. The summed E-state index contributed by atoms with van der Waals surface area (Å²) in [4.78, 5) is 12.0. The second kappa shape index (κ2) is 8.73. The van der Waals surface area contributed by atoms with E-state index in [9.17, 15) is 13.2 Å². The second-order valence-electron chi connectivity index (χ2n) is 5.12. The summed E-state index contributed by atoms with van der Waals surface area (Å²) in [5.74, 6) is 0.277. The van der Waals surface area contributed by atoms with Crippen molar-refractivity contribution in [1.82, 2.24) is 5.32 Å². The van der Waals surface area contributed by atoms with Crippen LogP contribution in [0.3, 0.4) is 0 Å². The monoisotopic (exact) mass is 382 g/mol. The van der Waals surface area contributed by atoms with Crippen molar-refractivity contribution in [2.45, 2.75) is 6.92 Å². The molecule has 0 aromatic heterocycles. The molecule has 6 nitrogen and oxygen atoms in total. The third-order valence-corrected chi connectivity index (χ3v) is 4.90. The number of carbonyl (C=O) groups is 1. The van der Waals surface area contributed by atoms with Crippen molar-refractivity contribution in [2.24, 2.45) is 0 Å². The number of hydrogen-bond donors (Lipinski definition) is 2. The quantitative estimate of drug-likeness (QED) is 0.687. The predicted octanol–water partition coefficient (Wildman–Crippen LogP) is 2.91. The molecule has 2 N–H and O–H groups in total. The summed E-state index contributed by atoms with van der Waals surface area (Å²) in [5.41, 5.74) is 0.845. The zero-order valence-corrected chi connectivity index (χ0v) is 15.2. The largest absolute Gasteiger partial charge is 0.490 e. The van der Waals surface area contributed by atoms with Crippen LogP contribution in [0.1, 0.15) is 17.3 Å². The van der Waals surface area contributed by atoms with E-state index in [0.717, 1.165) is 0 Å². The van der Waals surface area contributed by atoms with Gasteiger partial charge in [0.25, 0.3) is 5.91 Å². The highest BCUT2D eigenvalue weighted by molar-refractivity contribution is 7.92. The Hall–Kier alpha value is -2.25. The number of amides is 1. The van der Waals surface area contributed by atoms with E-state index >= 15 is 0 Å². The number of anilines is 1. The van der Waals surface area contributed by atoms with Crippen LogP contribution in [-0.2, 0) is 10.0 Å². The Bertz CT molecular complexity index is 823. The SMILES string of the molecule is CCS(=O)(=O)Nc1ccc(C(=O)NCCOc2ccccc2Cl)cc1. The normalized spacial score (nSPS) is 11.0. The van der Waals surface area contributed by atoms with Crippen molar-refractivity contribution >= 4 is 33.2 Å². The van der Waals surface area contributed by atoms with E-state index in [0.29, 0.717) is 28.6 Å². The molecule has 8 heteroatoms. The molecule has 0 spiro atoms. The second-order valence-corrected chi connectivity index (χ2v) is 7.54. The van der Waals surface area contributed by atoms with Crippen molar-refractivity contribution in [3.8, 4) is 5.75 Å². The number of hydrogen-bond acceptors (Lipinski definition) is 4. The van der Waals surface area contributed by atoms with Crippen LogP contribution in [0.5, 0.6) is 5.75 Å². The highest BCUT2D eigenvalue weighted by Crippen LogP contribution is 2.22. The maximum absolute atomic E-state index is 12.0. The number of para-hydroxylation sites is 1. The predicted molar refractivity (Wildman–Crippen MR) is 98.8 cm³/mol. The van der Waals surface area contributed by atoms with E-state index in [4.69, 9.17) is 16.3 Å². The fourth-order valence-electron chi connectivity index (χ4n) is 1.93. The molecule has 0 saturated heterocycles. The highest BCUT2D eigenvalue weighted by atomic mass is 35.5. The van der Waals surface area contributed by atoms with Crippen LogP contribution in [0.2, 0.25) is 5.02 Å². The average molecular weight is 383 g/mol. The molecule has 0 aliphatic heterocycles. The third kappa shape index (κ3) is 5.95. The van der Waals surface area contributed by atoms with E-state index in [1.54, 1.807) is 49.4 Å². The van der Waals surface area contributed by atoms with E-state index in [2.05, 4.69) is 10.0 Å². The number of benzene rings is 2. The number of sulfonamides is 1. The molecule has 0 aliphatic rings. The minimum absolute atomic E-state index is 0.0132. The molecule has 0 aliphatic carbocycles. The van der Waals surface area contributed by atoms with Crippen LogP contribution in [0.25, 0.3) is 0 Å².